The molecule has 1 atom stereocenters. The highest BCUT2D eigenvalue weighted by atomic mass is 35.5. The summed E-state index contributed by atoms with van der Waals surface area (Å²) in [6.45, 7) is 0.574. The third-order valence-electron chi connectivity index (χ3n) is 3.39. The topological polar surface area (TPSA) is 119 Å². The van der Waals surface area contributed by atoms with Crippen LogP contribution < -0.4 is 5.73 Å². The molecule has 0 radical (unpaired) electrons. The lowest BCUT2D eigenvalue weighted by atomic mass is 9.97. The van der Waals surface area contributed by atoms with Crippen LogP contribution in [0.5, 0.6) is 0 Å². The maximum atomic E-state index is 12.4. The number of amides is 2. The minimum Gasteiger partial charge on any atom is -0.369 e. The summed E-state index contributed by atoms with van der Waals surface area (Å²) in [5, 5.41) is 11.0. The molecule has 0 aliphatic carbocycles. The molecule has 2 heterocycles. The molecule has 8 nitrogen and oxygen atoms in total. The van der Waals surface area contributed by atoms with E-state index in [9.17, 15) is 19.7 Å². The zero-order valence-corrected chi connectivity index (χ0v) is 11.7. The molecule has 21 heavy (non-hydrogen) atoms. The van der Waals surface area contributed by atoms with Crippen LogP contribution in [0.15, 0.2) is 12.3 Å². The largest absolute Gasteiger partial charge is 0.369 e. The Bertz CT molecular complexity index is 607. The monoisotopic (exact) mass is 312 g/mol. The fourth-order valence-corrected chi connectivity index (χ4v) is 2.46. The van der Waals surface area contributed by atoms with Gasteiger partial charge >= 0.3 is 0 Å². The Kier molecular flexibility index (Phi) is 4.37. The summed E-state index contributed by atoms with van der Waals surface area (Å²) in [5.74, 6) is -1.45. The summed E-state index contributed by atoms with van der Waals surface area (Å²) in [7, 11) is 0. The van der Waals surface area contributed by atoms with E-state index < -0.39 is 28.3 Å². The number of rotatable bonds is 3. The number of carbonyl (C=O) groups excluding carboxylic acids is 2. The van der Waals surface area contributed by atoms with Crippen molar-refractivity contribution in [2.24, 2.45) is 11.7 Å². The summed E-state index contributed by atoms with van der Waals surface area (Å²) in [6.07, 6.45) is 2.18. The molecular weight excluding hydrogens is 300 g/mol. The Labute approximate surface area is 125 Å². The average Bonchev–Trinajstić information content (AvgIpc) is 2.46. The van der Waals surface area contributed by atoms with Crippen LogP contribution in [0.25, 0.3) is 0 Å². The zero-order valence-electron chi connectivity index (χ0n) is 11.0. The number of piperidine rings is 1. The van der Waals surface area contributed by atoms with Crippen molar-refractivity contribution in [2.45, 2.75) is 12.8 Å². The van der Waals surface area contributed by atoms with Crippen molar-refractivity contribution >= 4 is 29.1 Å². The lowest BCUT2D eigenvalue weighted by molar-refractivity contribution is -0.385. The quantitative estimate of drug-likeness (QED) is 0.507. The molecule has 1 unspecified atom stereocenters. The van der Waals surface area contributed by atoms with Crippen molar-refractivity contribution in [2.75, 3.05) is 13.1 Å². The van der Waals surface area contributed by atoms with E-state index in [0.717, 1.165) is 12.3 Å². The number of carbonyl (C=O) groups is 2. The molecule has 1 aliphatic heterocycles. The molecule has 9 heteroatoms. The van der Waals surface area contributed by atoms with Gasteiger partial charge < -0.3 is 10.6 Å². The van der Waals surface area contributed by atoms with Crippen molar-refractivity contribution in [1.82, 2.24) is 9.88 Å². The Morgan fingerprint density at radius 3 is 2.86 bits per heavy atom. The van der Waals surface area contributed by atoms with E-state index in [1.807, 2.05) is 0 Å². The van der Waals surface area contributed by atoms with Crippen LogP contribution in [0.2, 0.25) is 5.15 Å². The number of nitro groups is 1. The van der Waals surface area contributed by atoms with Crippen molar-refractivity contribution in [3.63, 3.8) is 0 Å². The Hall–Kier alpha value is -2.22. The number of likely N-dealkylation sites (tertiary alicyclic amines) is 1. The van der Waals surface area contributed by atoms with Gasteiger partial charge in [-0.15, -0.1) is 0 Å². The highest BCUT2D eigenvalue weighted by Gasteiger charge is 2.31. The van der Waals surface area contributed by atoms with E-state index in [2.05, 4.69) is 4.98 Å². The summed E-state index contributed by atoms with van der Waals surface area (Å²) in [5.41, 5.74) is 4.71. The van der Waals surface area contributed by atoms with Crippen LogP contribution in [0.3, 0.4) is 0 Å². The van der Waals surface area contributed by atoms with Gasteiger partial charge in [-0.1, -0.05) is 11.6 Å². The van der Waals surface area contributed by atoms with E-state index >= 15 is 0 Å². The van der Waals surface area contributed by atoms with E-state index in [4.69, 9.17) is 17.3 Å². The maximum absolute atomic E-state index is 12.4. The molecule has 2 N–H and O–H groups in total. The Balaban J connectivity index is 2.29. The second kappa shape index (κ2) is 6.04. The molecule has 2 amide bonds. The van der Waals surface area contributed by atoms with Gasteiger partial charge in [0.1, 0.15) is 16.9 Å². The molecule has 1 saturated heterocycles. The second-order valence-electron chi connectivity index (χ2n) is 4.77. The lowest BCUT2D eigenvalue weighted by Gasteiger charge is -2.31. The third kappa shape index (κ3) is 3.27. The number of hydrogen-bond donors (Lipinski definition) is 1. The van der Waals surface area contributed by atoms with E-state index in [1.165, 1.54) is 4.90 Å². The molecule has 1 fully saturated rings. The van der Waals surface area contributed by atoms with Gasteiger partial charge in [-0.3, -0.25) is 19.7 Å². The van der Waals surface area contributed by atoms with Crippen molar-refractivity contribution < 1.29 is 14.5 Å². The number of primary amides is 1. The Morgan fingerprint density at radius 2 is 2.24 bits per heavy atom. The molecule has 1 aromatic heterocycles. The van der Waals surface area contributed by atoms with Crippen LogP contribution in [-0.4, -0.2) is 39.7 Å². The Morgan fingerprint density at radius 1 is 1.52 bits per heavy atom. The predicted molar refractivity (Wildman–Crippen MR) is 73.7 cm³/mol. The van der Waals surface area contributed by atoms with Gasteiger partial charge in [-0.05, 0) is 18.9 Å². The highest BCUT2D eigenvalue weighted by molar-refractivity contribution is 6.29. The minimum atomic E-state index is -0.688. The molecular formula is C12H13ClN4O4. The first-order valence-corrected chi connectivity index (χ1v) is 6.66. The predicted octanol–water partition coefficient (Wildman–Crippen LogP) is 0.981. The third-order valence-corrected chi connectivity index (χ3v) is 3.59. The fourth-order valence-electron chi connectivity index (χ4n) is 2.30. The van der Waals surface area contributed by atoms with Crippen LogP contribution in [0, 0.1) is 16.0 Å². The van der Waals surface area contributed by atoms with E-state index in [-0.39, 0.29) is 17.3 Å². The van der Waals surface area contributed by atoms with Gasteiger partial charge in [-0.25, -0.2) is 4.98 Å². The van der Waals surface area contributed by atoms with Crippen molar-refractivity contribution in [3.05, 3.63) is 33.1 Å². The molecule has 0 bridgehead atoms. The number of halogens is 1. The molecule has 112 valence electrons. The first kappa shape index (κ1) is 15.2. The second-order valence-corrected chi connectivity index (χ2v) is 5.16. The standard InChI is InChI=1S/C12H13ClN4O4/c13-10-4-8(9(5-15-10)17(20)21)12(19)16-3-1-2-7(6-16)11(14)18/h4-5,7H,1-3,6H2,(H2,14,18). The van der Waals surface area contributed by atoms with E-state index in [0.29, 0.717) is 19.4 Å². The highest BCUT2D eigenvalue weighted by Crippen LogP contribution is 2.24. The smallest absolute Gasteiger partial charge is 0.300 e. The molecule has 2 rings (SSSR count). The van der Waals surface area contributed by atoms with Gasteiger partial charge in [-0.2, -0.15) is 0 Å². The number of pyridine rings is 1. The number of hydrogen-bond acceptors (Lipinski definition) is 5. The average molecular weight is 313 g/mol. The van der Waals surface area contributed by atoms with Gasteiger partial charge in [0.15, 0.2) is 0 Å². The van der Waals surface area contributed by atoms with Crippen LogP contribution in [0.1, 0.15) is 23.2 Å². The normalized spacial score (nSPS) is 18.3. The molecule has 0 spiro atoms. The molecule has 1 aliphatic rings. The summed E-state index contributed by atoms with van der Waals surface area (Å²) < 4.78 is 0. The van der Waals surface area contributed by atoms with Gasteiger partial charge in [0.25, 0.3) is 11.6 Å². The maximum Gasteiger partial charge on any atom is 0.300 e. The van der Waals surface area contributed by atoms with Gasteiger partial charge in [0.05, 0.1) is 10.8 Å². The van der Waals surface area contributed by atoms with Crippen LogP contribution in [-0.2, 0) is 4.79 Å². The number of nitrogens with two attached hydrogens (primary N) is 1. The minimum absolute atomic E-state index is 0.00703. The number of nitrogens with zero attached hydrogens (tertiary/aromatic N) is 3. The van der Waals surface area contributed by atoms with Crippen LogP contribution in [0.4, 0.5) is 5.69 Å². The fraction of sp³-hybridized carbons (Fsp3) is 0.417. The molecule has 1 aromatic rings. The summed E-state index contributed by atoms with van der Waals surface area (Å²) >= 11 is 5.71. The van der Waals surface area contributed by atoms with Crippen LogP contribution >= 0.6 is 11.6 Å². The molecule has 0 saturated carbocycles. The van der Waals surface area contributed by atoms with E-state index in [1.54, 1.807) is 0 Å². The molecule has 0 aromatic carbocycles. The summed E-state index contributed by atoms with van der Waals surface area (Å²) in [4.78, 5) is 38.9. The number of aromatic nitrogens is 1. The van der Waals surface area contributed by atoms with Crippen molar-refractivity contribution in [3.8, 4) is 0 Å². The van der Waals surface area contributed by atoms with Crippen molar-refractivity contribution in [1.29, 1.82) is 0 Å². The first-order valence-electron chi connectivity index (χ1n) is 6.28. The first-order chi connectivity index (χ1) is 9.90. The summed E-state index contributed by atoms with van der Waals surface area (Å²) in [6, 6.07) is 1.16. The zero-order chi connectivity index (χ0) is 15.6. The van der Waals surface area contributed by atoms with Gasteiger partial charge in [0.2, 0.25) is 5.91 Å². The SMILES string of the molecule is NC(=O)C1CCCN(C(=O)c2cc(Cl)ncc2[N+](=O)[O-])C1. The van der Waals surface area contributed by atoms with Gasteiger partial charge in [0, 0.05) is 13.1 Å². The lowest BCUT2D eigenvalue weighted by Crippen LogP contribution is -2.44.